The zero-order chi connectivity index (χ0) is 17.8. The highest BCUT2D eigenvalue weighted by Crippen LogP contribution is 2.45. The van der Waals surface area contributed by atoms with Gasteiger partial charge in [-0.1, -0.05) is 26.8 Å². The van der Waals surface area contributed by atoms with Crippen LogP contribution in [0.5, 0.6) is 17.2 Å². The fraction of sp³-hybridized carbons (Fsp3) is 0.588. The van der Waals surface area contributed by atoms with E-state index in [2.05, 4.69) is 33.9 Å². The van der Waals surface area contributed by atoms with E-state index in [-0.39, 0.29) is 17.4 Å². The molecule has 23 heavy (non-hydrogen) atoms. The van der Waals surface area contributed by atoms with Gasteiger partial charge in [0.05, 0.1) is 27.8 Å². The second-order valence-corrected chi connectivity index (χ2v) is 11.6. The van der Waals surface area contributed by atoms with Crippen LogP contribution in [0, 0.1) is 0 Å². The Balaban J connectivity index is 3.42. The van der Waals surface area contributed by atoms with Crippen LogP contribution in [0.2, 0.25) is 18.1 Å². The topological polar surface area (TPSA) is 54.0 Å². The number of benzene rings is 1. The second-order valence-electron chi connectivity index (χ2n) is 6.90. The molecule has 6 heteroatoms. The Morgan fingerprint density at radius 3 is 2.09 bits per heavy atom. The summed E-state index contributed by atoms with van der Waals surface area (Å²) in [6, 6.07) is 3.59. The first-order valence-electron chi connectivity index (χ1n) is 7.57. The average Bonchev–Trinajstić information content (AvgIpc) is 2.46. The molecule has 0 heterocycles. The lowest BCUT2D eigenvalue weighted by molar-refractivity contribution is -0.139. The molecule has 0 amide bonds. The van der Waals surface area contributed by atoms with E-state index in [0.29, 0.717) is 17.2 Å². The van der Waals surface area contributed by atoms with Gasteiger partial charge in [-0.15, -0.1) is 0 Å². The standard InChI is InChI=1S/C17H28O5Si/c1-17(2,3)23(7,8)22-15-12(11-14(18)20-5)9-10-13(19-4)16(15)21-6/h9-10H,11H2,1-8H3. The molecule has 1 aromatic carbocycles. The van der Waals surface area contributed by atoms with Crippen LogP contribution < -0.4 is 13.9 Å². The Bertz CT molecular complexity index is 561. The molecule has 0 aliphatic carbocycles. The van der Waals surface area contributed by atoms with Crippen molar-refractivity contribution in [3.05, 3.63) is 17.7 Å². The lowest BCUT2D eigenvalue weighted by Crippen LogP contribution is -2.44. The van der Waals surface area contributed by atoms with E-state index in [1.54, 1.807) is 20.3 Å². The summed E-state index contributed by atoms with van der Waals surface area (Å²) in [6.45, 7) is 10.8. The van der Waals surface area contributed by atoms with Gasteiger partial charge in [-0.05, 0) is 24.2 Å². The SMILES string of the molecule is COC(=O)Cc1ccc(OC)c(OC)c1O[Si](C)(C)C(C)(C)C. The van der Waals surface area contributed by atoms with Gasteiger partial charge in [-0.25, -0.2) is 0 Å². The monoisotopic (exact) mass is 340 g/mol. The molecule has 0 fully saturated rings. The minimum Gasteiger partial charge on any atom is -0.541 e. The van der Waals surface area contributed by atoms with Crippen molar-refractivity contribution in [2.45, 2.75) is 45.3 Å². The van der Waals surface area contributed by atoms with Crippen LogP contribution in [-0.4, -0.2) is 35.6 Å². The number of carbonyl (C=O) groups is 1. The van der Waals surface area contributed by atoms with E-state index in [1.807, 2.05) is 6.07 Å². The van der Waals surface area contributed by atoms with Crippen LogP contribution in [0.1, 0.15) is 26.3 Å². The van der Waals surface area contributed by atoms with Crippen LogP contribution in [-0.2, 0) is 16.0 Å². The molecule has 0 N–H and O–H groups in total. The molecule has 0 saturated carbocycles. The first-order chi connectivity index (χ1) is 10.6. The molecule has 0 aliphatic heterocycles. The normalized spacial score (nSPS) is 11.8. The number of hydrogen-bond donors (Lipinski definition) is 0. The number of esters is 1. The molecule has 0 aliphatic rings. The molecule has 0 saturated heterocycles. The third kappa shape index (κ3) is 4.40. The maximum Gasteiger partial charge on any atom is 0.310 e. The van der Waals surface area contributed by atoms with Crippen molar-refractivity contribution in [3.63, 3.8) is 0 Å². The third-order valence-corrected chi connectivity index (χ3v) is 8.63. The fourth-order valence-electron chi connectivity index (χ4n) is 1.83. The smallest absolute Gasteiger partial charge is 0.310 e. The highest BCUT2D eigenvalue weighted by Gasteiger charge is 2.40. The first kappa shape index (κ1) is 19.4. The molecule has 0 aromatic heterocycles. The number of methoxy groups -OCH3 is 3. The van der Waals surface area contributed by atoms with E-state index in [0.717, 1.165) is 5.56 Å². The zero-order valence-corrected chi connectivity index (χ0v) is 16.4. The summed E-state index contributed by atoms with van der Waals surface area (Å²) in [4.78, 5) is 11.7. The predicted octanol–water partition coefficient (Wildman–Crippen LogP) is 3.80. The fourth-order valence-corrected chi connectivity index (χ4v) is 2.87. The lowest BCUT2D eigenvalue weighted by atomic mass is 10.1. The minimum absolute atomic E-state index is 0.0175. The molecule has 0 unspecified atom stereocenters. The Hall–Kier alpha value is -1.69. The zero-order valence-electron chi connectivity index (χ0n) is 15.4. The largest absolute Gasteiger partial charge is 0.541 e. The summed E-state index contributed by atoms with van der Waals surface area (Å²) >= 11 is 0. The minimum atomic E-state index is -2.11. The highest BCUT2D eigenvalue weighted by atomic mass is 28.4. The Morgan fingerprint density at radius 1 is 1.04 bits per heavy atom. The molecular weight excluding hydrogens is 312 g/mol. The van der Waals surface area contributed by atoms with Gasteiger partial charge in [0, 0.05) is 5.56 Å². The van der Waals surface area contributed by atoms with Gasteiger partial charge >= 0.3 is 5.97 Å². The summed E-state index contributed by atoms with van der Waals surface area (Å²) in [6.07, 6.45) is 0.126. The molecule has 0 bridgehead atoms. The maximum atomic E-state index is 11.7. The number of hydrogen-bond acceptors (Lipinski definition) is 5. The third-order valence-electron chi connectivity index (χ3n) is 4.31. The van der Waals surface area contributed by atoms with Crippen molar-refractivity contribution < 1.29 is 23.4 Å². The van der Waals surface area contributed by atoms with Crippen LogP contribution in [0.4, 0.5) is 0 Å². The van der Waals surface area contributed by atoms with Crippen molar-refractivity contribution in [3.8, 4) is 17.2 Å². The van der Waals surface area contributed by atoms with E-state index >= 15 is 0 Å². The molecule has 0 radical (unpaired) electrons. The van der Waals surface area contributed by atoms with Crippen LogP contribution in [0.25, 0.3) is 0 Å². The van der Waals surface area contributed by atoms with Gasteiger partial charge in [0.1, 0.15) is 0 Å². The molecule has 5 nitrogen and oxygen atoms in total. The van der Waals surface area contributed by atoms with Crippen molar-refractivity contribution in [2.75, 3.05) is 21.3 Å². The van der Waals surface area contributed by atoms with Crippen LogP contribution >= 0.6 is 0 Å². The summed E-state index contributed by atoms with van der Waals surface area (Å²) in [5.41, 5.74) is 0.735. The highest BCUT2D eigenvalue weighted by molar-refractivity contribution is 6.74. The van der Waals surface area contributed by atoms with Gasteiger partial charge < -0.3 is 18.6 Å². The van der Waals surface area contributed by atoms with Crippen molar-refractivity contribution in [1.29, 1.82) is 0 Å². The van der Waals surface area contributed by atoms with Crippen molar-refractivity contribution >= 4 is 14.3 Å². The summed E-state index contributed by atoms with van der Waals surface area (Å²) in [5, 5.41) is 0.0175. The maximum absolute atomic E-state index is 11.7. The summed E-state index contributed by atoms with van der Waals surface area (Å²) in [5.74, 6) is 1.34. The number of rotatable bonds is 6. The van der Waals surface area contributed by atoms with Gasteiger partial charge in [-0.2, -0.15) is 0 Å². The summed E-state index contributed by atoms with van der Waals surface area (Å²) < 4.78 is 22.1. The van der Waals surface area contributed by atoms with E-state index in [4.69, 9.17) is 18.6 Å². The molecule has 0 spiro atoms. The molecular formula is C17H28O5Si. The average molecular weight is 340 g/mol. The lowest BCUT2D eigenvalue weighted by Gasteiger charge is -2.37. The van der Waals surface area contributed by atoms with Crippen LogP contribution in [0.15, 0.2) is 12.1 Å². The van der Waals surface area contributed by atoms with Gasteiger partial charge in [0.2, 0.25) is 5.75 Å². The quantitative estimate of drug-likeness (QED) is 0.582. The number of ether oxygens (including phenoxy) is 3. The Morgan fingerprint density at radius 2 is 1.65 bits per heavy atom. The van der Waals surface area contributed by atoms with Crippen molar-refractivity contribution in [1.82, 2.24) is 0 Å². The van der Waals surface area contributed by atoms with Gasteiger partial charge in [-0.3, -0.25) is 4.79 Å². The molecule has 130 valence electrons. The number of carbonyl (C=O) groups excluding carboxylic acids is 1. The molecule has 0 atom stereocenters. The molecule has 1 rings (SSSR count). The van der Waals surface area contributed by atoms with Gasteiger partial charge in [0.15, 0.2) is 11.5 Å². The Labute approximate surface area is 140 Å². The Kier molecular flexibility index (Phi) is 6.10. The van der Waals surface area contributed by atoms with E-state index in [9.17, 15) is 4.79 Å². The van der Waals surface area contributed by atoms with E-state index in [1.165, 1.54) is 7.11 Å². The van der Waals surface area contributed by atoms with Crippen molar-refractivity contribution in [2.24, 2.45) is 0 Å². The van der Waals surface area contributed by atoms with Gasteiger partial charge in [0.25, 0.3) is 8.32 Å². The predicted molar refractivity (Wildman–Crippen MR) is 93.1 cm³/mol. The molecule has 1 aromatic rings. The first-order valence-corrected chi connectivity index (χ1v) is 10.5. The van der Waals surface area contributed by atoms with E-state index < -0.39 is 8.32 Å². The van der Waals surface area contributed by atoms with Crippen LogP contribution in [0.3, 0.4) is 0 Å². The second kappa shape index (κ2) is 7.25. The summed E-state index contributed by atoms with van der Waals surface area (Å²) in [7, 11) is 2.41.